The van der Waals surface area contributed by atoms with Crippen LogP contribution in [0.2, 0.25) is 0 Å². The lowest BCUT2D eigenvalue weighted by molar-refractivity contribution is 0.209. The van der Waals surface area contributed by atoms with Crippen LogP contribution in [-0.2, 0) is 13.1 Å². The number of aromatic nitrogens is 1. The molecule has 1 rings (SSSR count). The van der Waals surface area contributed by atoms with Crippen LogP contribution in [0, 0.1) is 0 Å². The van der Waals surface area contributed by atoms with Crippen LogP contribution in [0.25, 0.3) is 0 Å². The minimum Gasteiger partial charge on any atom is -0.360 e. The van der Waals surface area contributed by atoms with E-state index >= 15 is 0 Å². The molecule has 16 heavy (non-hydrogen) atoms. The van der Waals surface area contributed by atoms with Gasteiger partial charge in [0.25, 0.3) is 0 Å². The maximum atomic E-state index is 5.28. The van der Waals surface area contributed by atoms with Crippen molar-refractivity contribution in [3.8, 4) is 0 Å². The van der Waals surface area contributed by atoms with E-state index < -0.39 is 0 Å². The molecule has 0 bridgehead atoms. The molecule has 1 atom stereocenters. The van der Waals surface area contributed by atoms with Gasteiger partial charge < -0.3 is 9.84 Å². The predicted octanol–water partition coefficient (Wildman–Crippen LogP) is 2.01. The van der Waals surface area contributed by atoms with Gasteiger partial charge in [0.2, 0.25) is 0 Å². The molecule has 0 saturated heterocycles. The van der Waals surface area contributed by atoms with E-state index in [1.807, 2.05) is 13.1 Å². The Bertz CT molecular complexity index is 298. The molecule has 0 aliphatic heterocycles. The molecule has 1 aromatic rings. The van der Waals surface area contributed by atoms with Crippen LogP contribution in [0.5, 0.6) is 0 Å². The standard InChI is InChI=1S/C12H23N3O/c1-5-6-10(2)15(4)9-12-7-11(8-13-3)14-16-12/h7,10,13H,5-6,8-9H2,1-4H3. The fourth-order valence-corrected chi connectivity index (χ4v) is 1.73. The first-order valence-electron chi connectivity index (χ1n) is 5.96. The average Bonchev–Trinajstić information content (AvgIpc) is 2.66. The highest BCUT2D eigenvalue weighted by atomic mass is 16.5. The molecule has 1 aromatic heterocycles. The first kappa shape index (κ1) is 13.2. The molecule has 4 heteroatoms. The van der Waals surface area contributed by atoms with Crippen LogP contribution in [0.15, 0.2) is 10.6 Å². The molecule has 0 radical (unpaired) electrons. The second-order valence-electron chi connectivity index (χ2n) is 4.37. The third kappa shape index (κ3) is 3.94. The van der Waals surface area contributed by atoms with Gasteiger partial charge in [-0.3, -0.25) is 4.90 Å². The molecule has 1 unspecified atom stereocenters. The molecular weight excluding hydrogens is 202 g/mol. The zero-order chi connectivity index (χ0) is 12.0. The van der Waals surface area contributed by atoms with Gasteiger partial charge in [0, 0.05) is 18.7 Å². The van der Waals surface area contributed by atoms with Crippen molar-refractivity contribution in [2.75, 3.05) is 14.1 Å². The number of hydrogen-bond donors (Lipinski definition) is 1. The van der Waals surface area contributed by atoms with Crippen molar-refractivity contribution in [1.82, 2.24) is 15.4 Å². The van der Waals surface area contributed by atoms with Gasteiger partial charge in [-0.25, -0.2) is 0 Å². The Morgan fingerprint density at radius 2 is 2.31 bits per heavy atom. The van der Waals surface area contributed by atoms with Gasteiger partial charge in [-0.2, -0.15) is 0 Å². The summed E-state index contributed by atoms with van der Waals surface area (Å²) >= 11 is 0. The summed E-state index contributed by atoms with van der Waals surface area (Å²) in [4.78, 5) is 2.30. The van der Waals surface area contributed by atoms with E-state index in [-0.39, 0.29) is 0 Å². The molecular formula is C12H23N3O. The Hall–Kier alpha value is -0.870. The molecule has 92 valence electrons. The molecule has 0 aliphatic rings. The number of rotatable bonds is 7. The third-order valence-corrected chi connectivity index (χ3v) is 2.83. The highest BCUT2D eigenvalue weighted by Gasteiger charge is 2.11. The van der Waals surface area contributed by atoms with Gasteiger partial charge in [-0.15, -0.1) is 0 Å². The predicted molar refractivity (Wildman–Crippen MR) is 65.1 cm³/mol. The van der Waals surface area contributed by atoms with Crippen molar-refractivity contribution in [3.63, 3.8) is 0 Å². The smallest absolute Gasteiger partial charge is 0.151 e. The highest BCUT2D eigenvalue weighted by molar-refractivity contribution is 5.05. The summed E-state index contributed by atoms with van der Waals surface area (Å²) in [6, 6.07) is 2.61. The lowest BCUT2D eigenvalue weighted by Crippen LogP contribution is -2.28. The van der Waals surface area contributed by atoms with Crippen LogP contribution in [0.3, 0.4) is 0 Å². The fraction of sp³-hybridized carbons (Fsp3) is 0.750. The summed E-state index contributed by atoms with van der Waals surface area (Å²) in [5.74, 6) is 0.940. The summed E-state index contributed by atoms with van der Waals surface area (Å²) < 4.78 is 5.28. The quantitative estimate of drug-likeness (QED) is 0.770. The van der Waals surface area contributed by atoms with Gasteiger partial charge in [0.1, 0.15) is 0 Å². The van der Waals surface area contributed by atoms with Gasteiger partial charge in [-0.1, -0.05) is 18.5 Å². The average molecular weight is 225 g/mol. The molecule has 0 amide bonds. The molecule has 4 nitrogen and oxygen atoms in total. The van der Waals surface area contributed by atoms with E-state index in [1.54, 1.807) is 0 Å². The Morgan fingerprint density at radius 3 is 2.94 bits per heavy atom. The zero-order valence-corrected chi connectivity index (χ0v) is 10.8. The maximum Gasteiger partial charge on any atom is 0.151 e. The van der Waals surface area contributed by atoms with E-state index in [2.05, 4.69) is 36.3 Å². The van der Waals surface area contributed by atoms with Crippen LogP contribution in [-0.4, -0.2) is 30.2 Å². The van der Waals surface area contributed by atoms with E-state index in [0.717, 1.165) is 24.5 Å². The second-order valence-corrected chi connectivity index (χ2v) is 4.37. The van der Waals surface area contributed by atoms with Crippen molar-refractivity contribution < 1.29 is 4.52 Å². The SMILES string of the molecule is CCCC(C)N(C)Cc1cc(CNC)no1. The Morgan fingerprint density at radius 1 is 1.56 bits per heavy atom. The number of hydrogen-bond acceptors (Lipinski definition) is 4. The Balaban J connectivity index is 2.45. The largest absolute Gasteiger partial charge is 0.360 e. The Kier molecular flexibility index (Phi) is 5.49. The van der Waals surface area contributed by atoms with E-state index in [9.17, 15) is 0 Å². The molecule has 0 aromatic carbocycles. The summed E-state index contributed by atoms with van der Waals surface area (Å²) in [6.07, 6.45) is 2.43. The summed E-state index contributed by atoms with van der Waals surface area (Å²) in [6.45, 7) is 6.05. The van der Waals surface area contributed by atoms with Crippen molar-refractivity contribution in [3.05, 3.63) is 17.5 Å². The normalized spacial score (nSPS) is 13.3. The molecule has 0 fully saturated rings. The van der Waals surface area contributed by atoms with Crippen molar-refractivity contribution >= 4 is 0 Å². The zero-order valence-electron chi connectivity index (χ0n) is 10.8. The minimum atomic E-state index is 0.586. The lowest BCUT2D eigenvalue weighted by atomic mass is 10.1. The van der Waals surface area contributed by atoms with Crippen LogP contribution < -0.4 is 5.32 Å². The molecule has 0 spiro atoms. The van der Waals surface area contributed by atoms with Gasteiger partial charge in [0.05, 0.1) is 12.2 Å². The fourth-order valence-electron chi connectivity index (χ4n) is 1.73. The maximum absolute atomic E-state index is 5.28. The summed E-state index contributed by atoms with van der Waals surface area (Å²) in [5, 5.41) is 7.06. The lowest BCUT2D eigenvalue weighted by Gasteiger charge is -2.22. The Labute approximate surface area is 98.0 Å². The molecule has 0 aliphatic carbocycles. The van der Waals surface area contributed by atoms with Gasteiger partial charge in [0.15, 0.2) is 5.76 Å². The topological polar surface area (TPSA) is 41.3 Å². The van der Waals surface area contributed by atoms with E-state index in [0.29, 0.717) is 6.04 Å². The summed E-state index contributed by atoms with van der Waals surface area (Å²) in [7, 11) is 4.03. The van der Waals surface area contributed by atoms with Crippen LogP contribution in [0.4, 0.5) is 0 Å². The van der Waals surface area contributed by atoms with E-state index in [4.69, 9.17) is 4.52 Å². The number of nitrogens with zero attached hydrogens (tertiary/aromatic N) is 2. The van der Waals surface area contributed by atoms with Gasteiger partial charge in [-0.05, 0) is 27.4 Å². The number of nitrogens with one attached hydrogen (secondary N) is 1. The molecule has 1 N–H and O–H groups in total. The van der Waals surface area contributed by atoms with E-state index in [1.165, 1.54) is 12.8 Å². The summed E-state index contributed by atoms with van der Waals surface area (Å²) in [5.41, 5.74) is 0.967. The highest BCUT2D eigenvalue weighted by Crippen LogP contribution is 2.11. The molecule has 1 heterocycles. The first-order valence-corrected chi connectivity index (χ1v) is 5.96. The minimum absolute atomic E-state index is 0.586. The monoisotopic (exact) mass is 225 g/mol. The van der Waals surface area contributed by atoms with Crippen LogP contribution >= 0.6 is 0 Å². The third-order valence-electron chi connectivity index (χ3n) is 2.83. The first-order chi connectivity index (χ1) is 7.67. The van der Waals surface area contributed by atoms with Crippen molar-refractivity contribution in [2.45, 2.75) is 45.8 Å². The van der Waals surface area contributed by atoms with Gasteiger partial charge >= 0.3 is 0 Å². The second kappa shape index (κ2) is 6.66. The van der Waals surface area contributed by atoms with Crippen LogP contribution in [0.1, 0.15) is 38.1 Å². The molecule has 0 saturated carbocycles. The van der Waals surface area contributed by atoms with Crippen molar-refractivity contribution in [2.24, 2.45) is 0 Å². The van der Waals surface area contributed by atoms with Crippen molar-refractivity contribution in [1.29, 1.82) is 0 Å².